The highest BCUT2D eigenvalue weighted by Gasteiger charge is 2.07. The molecule has 1 N–H and O–H groups in total. The fraction of sp³-hybridized carbons (Fsp3) is 0.333. The van der Waals surface area contributed by atoms with Crippen LogP contribution in [0.3, 0.4) is 0 Å². The quantitative estimate of drug-likeness (QED) is 0.729. The van der Waals surface area contributed by atoms with Gasteiger partial charge in [0.25, 0.3) is 0 Å². The average molecular weight is 188 g/mol. The van der Waals surface area contributed by atoms with Crippen LogP contribution in [0.2, 0.25) is 0 Å². The second-order valence-corrected chi connectivity index (χ2v) is 2.48. The first kappa shape index (κ1) is 9.92. The van der Waals surface area contributed by atoms with Crippen LogP contribution in [0.4, 0.5) is 8.78 Å². The SMILES string of the molecule is OCCCOc1cccc(F)c1F. The van der Waals surface area contributed by atoms with Gasteiger partial charge in [-0.25, -0.2) is 4.39 Å². The molecule has 1 rings (SSSR count). The maximum atomic E-state index is 12.9. The maximum absolute atomic E-state index is 12.9. The summed E-state index contributed by atoms with van der Waals surface area (Å²) in [5.41, 5.74) is 0. The molecule has 0 unspecified atom stereocenters. The van der Waals surface area contributed by atoms with E-state index < -0.39 is 11.6 Å². The molecule has 13 heavy (non-hydrogen) atoms. The first-order valence-electron chi connectivity index (χ1n) is 3.93. The molecule has 0 spiro atoms. The lowest BCUT2D eigenvalue weighted by Crippen LogP contribution is -2.02. The van der Waals surface area contributed by atoms with E-state index in [4.69, 9.17) is 9.84 Å². The lowest BCUT2D eigenvalue weighted by Gasteiger charge is -2.05. The summed E-state index contributed by atoms with van der Waals surface area (Å²) in [5, 5.41) is 8.42. The number of aliphatic hydroxyl groups is 1. The summed E-state index contributed by atoms with van der Waals surface area (Å²) in [6.07, 6.45) is 0.399. The second kappa shape index (κ2) is 4.77. The molecule has 0 saturated carbocycles. The van der Waals surface area contributed by atoms with Crippen molar-refractivity contribution in [1.29, 1.82) is 0 Å². The number of hydrogen-bond donors (Lipinski definition) is 1. The van der Waals surface area contributed by atoms with Gasteiger partial charge in [0.05, 0.1) is 6.61 Å². The van der Waals surface area contributed by atoms with Gasteiger partial charge in [0.1, 0.15) is 0 Å². The highest BCUT2D eigenvalue weighted by Crippen LogP contribution is 2.18. The van der Waals surface area contributed by atoms with Crippen molar-refractivity contribution in [2.45, 2.75) is 6.42 Å². The minimum absolute atomic E-state index is 0.0308. The van der Waals surface area contributed by atoms with Crippen LogP contribution in [0, 0.1) is 11.6 Å². The number of aliphatic hydroxyl groups excluding tert-OH is 1. The average Bonchev–Trinajstić information content (AvgIpc) is 2.13. The summed E-state index contributed by atoms with van der Waals surface area (Å²) in [4.78, 5) is 0. The van der Waals surface area contributed by atoms with Crippen molar-refractivity contribution in [3.63, 3.8) is 0 Å². The van der Waals surface area contributed by atoms with E-state index in [9.17, 15) is 8.78 Å². The number of benzene rings is 1. The standard InChI is InChI=1S/C9H10F2O2/c10-7-3-1-4-8(9(7)11)13-6-2-5-12/h1,3-4,12H,2,5-6H2. The molecule has 0 aliphatic rings. The summed E-state index contributed by atoms with van der Waals surface area (Å²) in [6.45, 7) is 0.147. The Bertz CT molecular complexity index is 276. The Morgan fingerprint density at radius 2 is 2.08 bits per heavy atom. The maximum Gasteiger partial charge on any atom is 0.200 e. The summed E-state index contributed by atoms with van der Waals surface area (Å²) >= 11 is 0. The van der Waals surface area contributed by atoms with E-state index in [1.165, 1.54) is 12.1 Å². The molecule has 0 amide bonds. The van der Waals surface area contributed by atoms with Crippen LogP contribution >= 0.6 is 0 Å². The highest BCUT2D eigenvalue weighted by molar-refractivity contribution is 5.24. The Hall–Kier alpha value is -1.16. The molecule has 0 fully saturated rings. The van der Waals surface area contributed by atoms with Gasteiger partial charge < -0.3 is 9.84 Å². The Kier molecular flexibility index (Phi) is 3.64. The minimum atomic E-state index is -0.986. The van der Waals surface area contributed by atoms with Gasteiger partial charge in [-0.05, 0) is 12.1 Å². The zero-order valence-electron chi connectivity index (χ0n) is 6.96. The van der Waals surface area contributed by atoms with Crippen LogP contribution in [0.1, 0.15) is 6.42 Å². The van der Waals surface area contributed by atoms with Gasteiger partial charge in [0.2, 0.25) is 5.82 Å². The lowest BCUT2D eigenvalue weighted by molar-refractivity contribution is 0.227. The summed E-state index contributed by atoms with van der Waals surface area (Å²) in [6, 6.07) is 3.73. The predicted octanol–water partition coefficient (Wildman–Crippen LogP) is 1.73. The van der Waals surface area contributed by atoms with Gasteiger partial charge in [-0.1, -0.05) is 6.07 Å². The van der Waals surface area contributed by atoms with Crippen LogP contribution in [-0.4, -0.2) is 18.3 Å². The minimum Gasteiger partial charge on any atom is -0.490 e. The lowest BCUT2D eigenvalue weighted by atomic mass is 10.3. The van der Waals surface area contributed by atoms with Crippen LogP contribution in [-0.2, 0) is 0 Å². The molecular weight excluding hydrogens is 178 g/mol. The predicted molar refractivity (Wildman–Crippen MR) is 43.6 cm³/mol. The summed E-state index contributed by atoms with van der Waals surface area (Å²) < 4.78 is 30.3. The first-order valence-corrected chi connectivity index (χ1v) is 3.93. The van der Waals surface area contributed by atoms with Gasteiger partial charge >= 0.3 is 0 Å². The molecule has 0 aliphatic heterocycles. The molecule has 0 aromatic heterocycles. The third kappa shape index (κ3) is 2.66. The van der Waals surface area contributed by atoms with E-state index in [0.29, 0.717) is 6.42 Å². The van der Waals surface area contributed by atoms with Crippen molar-refractivity contribution in [3.8, 4) is 5.75 Å². The molecular formula is C9H10F2O2. The monoisotopic (exact) mass is 188 g/mol. The van der Waals surface area contributed by atoms with Crippen LogP contribution < -0.4 is 4.74 Å². The van der Waals surface area contributed by atoms with Gasteiger partial charge in [-0.15, -0.1) is 0 Å². The van der Waals surface area contributed by atoms with E-state index in [0.717, 1.165) is 6.07 Å². The van der Waals surface area contributed by atoms with Crippen molar-refractivity contribution in [2.75, 3.05) is 13.2 Å². The molecule has 1 aromatic rings. The number of rotatable bonds is 4. The topological polar surface area (TPSA) is 29.5 Å². The molecule has 0 heterocycles. The normalized spacial score (nSPS) is 10.1. The van der Waals surface area contributed by atoms with Gasteiger partial charge in [0, 0.05) is 13.0 Å². The van der Waals surface area contributed by atoms with Crippen LogP contribution in [0.25, 0.3) is 0 Å². The largest absolute Gasteiger partial charge is 0.490 e. The third-order valence-corrected chi connectivity index (χ3v) is 1.48. The van der Waals surface area contributed by atoms with Gasteiger partial charge in [-0.2, -0.15) is 4.39 Å². The molecule has 1 aromatic carbocycles. The molecule has 2 nitrogen and oxygen atoms in total. The highest BCUT2D eigenvalue weighted by atomic mass is 19.2. The van der Waals surface area contributed by atoms with Crippen LogP contribution in [0.5, 0.6) is 5.75 Å². The molecule has 0 radical (unpaired) electrons. The zero-order valence-corrected chi connectivity index (χ0v) is 6.96. The summed E-state index contributed by atoms with van der Waals surface area (Å²) in [5.74, 6) is -2.03. The van der Waals surface area contributed by atoms with Crippen molar-refractivity contribution in [2.24, 2.45) is 0 Å². The molecule has 0 bridgehead atoms. The molecule has 0 aliphatic carbocycles. The fourth-order valence-corrected chi connectivity index (χ4v) is 0.842. The smallest absolute Gasteiger partial charge is 0.200 e. The molecule has 0 atom stereocenters. The first-order chi connectivity index (χ1) is 6.25. The Labute approximate surface area is 74.8 Å². The van der Waals surface area contributed by atoms with Crippen molar-refractivity contribution < 1.29 is 18.6 Å². The Morgan fingerprint density at radius 3 is 2.77 bits per heavy atom. The third-order valence-electron chi connectivity index (χ3n) is 1.48. The van der Waals surface area contributed by atoms with E-state index in [2.05, 4.69) is 0 Å². The number of ether oxygens (including phenoxy) is 1. The number of hydrogen-bond acceptors (Lipinski definition) is 2. The number of halogens is 2. The van der Waals surface area contributed by atoms with Crippen molar-refractivity contribution in [3.05, 3.63) is 29.8 Å². The van der Waals surface area contributed by atoms with Gasteiger partial charge in [0.15, 0.2) is 11.6 Å². The van der Waals surface area contributed by atoms with E-state index in [1.807, 2.05) is 0 Å². The van der Waals surface area contributed by atoms with Crippen molar-refractivity contribution in [1.82, 2.24) is 0 Å². The second-order valence-electron chi connectivity index (χ2n) is 2.48. The molecule has 72 valence electrons. The molecule has 0 saturated heterocycles. The Morgan fingerprint density at radius 1 is 1.31 bits per heavy atom. The van der Waals surface area contributed by atoms with E-state index >= 15 is 0 Å². The van der Waals surface area contributed by atoms with E-state index in [-0.39, 0.29) is 19.0 Å². The zero-order chi connectivity index (χ0) is 9.68. The summed E-state index contributed by atoms with van der Waals surface area (Å²) in [7, 11) is 0. The fourth-order valence-electron chi connectivity index (χ4n) is 0.842. The van der Waals surface area contributed by atoms with Gasteiger partial charge in [-0.3, -0.25) is 0 Å². The van der Waals surface area contributed by atoms with Crippen molar-refractivity contribution >= 4 is 0 Å². The van der Waals surface area contributed by atoms with Crippen LogP contribution in [0.15, 0.2) is 18.2 Å². The molecule has 4 heteroatoms. The van der Waals surface area contributed by atoms with E-state index in [1.54, 1.807) is 0 Å². The Balaban J connectivity index is 2.61.